The van der Waals surface area contributed by atoms with E-state index in [1.54, 1.807) is 0 Å². The fraction of sp³-hybridized carbons (Fsp3) is 0.300. The smallest absolute Gasteiger partial charge is 0.106 e. The molecule has 0 aliphatic rings. The molecule has 0 saturated heterocycles. The molecule has 0 radical (unpaired) electrons. The Morgan fingerprint density at radius 2 is 2.38 bits per heavy atom. The zero-order valence-corrected chi connectivity index (χ0v) is 9.05. The highest BCUT2D eigenvalue weighted by atomic mass is 79.9. The van der Waals surface area contributed by atoms with Gasteiger partial charge in [-0.2, -0.15) is 0 Å². The molecule has 2 nitrogen and oxygen atoms in total. The summed E-state index contributed by atoms with van der Waals surface area (Å²) in [6, 6.07) is 5.92. The number of nitrogens with one attached hydrogen (secondary N) is 1. The molecule has 0 fully saturated rings. The lowest BCUT2D eigenvalue weighted by Crippen LogP contribution is -2.14. The molecule has 0 spiro atoms. The summed E-state index contributed by atoms with van der Waals surface area (Å²) in [6.45, 7) is 5.43. The zero-order valence-electron chi connectivity index (χ0n) is 7.46. The van der Waals surface area contributed by atoms with Crippen molar-refractivity contribution in [2.75, 3.05) is 6.54 Å². The number of rotatable bonds is 5. The van der Waals surface area contributed by atoms with Crippen molar-refractivity contribution in [2.24, 2.45) is 0 Å². The van der Waals surface area contributed by atoms with Gasteiger partial charge in [0.25, 0.3) is 0 Å². The van der Waals surface area contributed by atoms with Crippen LogP contribution in [0.1, 0.15) is 12.1 Å². The first-order chi connectivity index (χ1) is 6.33. The minimum Gasteiger partial charge on any atom is -0.311 e. The molecule has 3 heteroatoms. The van der Waals surface area contributed by atoms with Crippen LogP contribution in [-0.2, 0) is 6.54 Å². The number of hydrogen-bond acceptors (Lipinski definition) is 2. The molecular weight excluding hydrogens is 228 g/mol. The highest BCUT2D eigenvalue weighted by molar-refractivity contribution is 9.10. The van der Waals surface area contributed by atoms with E-state index < -0.39 is 0 Å². The molecule has 1 N–H and O–H groups in total. The number of hydrogen-bond donors (Lipinski definition) is 1. The zero-order chi connectivity index (χ0) is 9.52. The van der Waals surface area contributed by atoms with Crippen LogP contribution in [0.25, 0.3) is 0 Å². The molecule has 0 aliphatic heterocycles. The molecule has 1 heterocycles. The number of pyridine rings is 1. The van der Waals surface area contributed by atoms with Crippen LogP contribution in [0.4, 0.5) is 0 Å². The molecule has 0 unspecified atom stereocenters. The maximum Gasteiger partial charge on any atom is 0.106 e. The lowest BCUT2D eigenvalue weighted by atomic mass is 10.3. The van der Waals surface area contributed by atoms with E-state index in [4.69, 9.17) is 0 Å². The maximum absolute atomic E-state index is 4.30. The van der Waals surface area contributed by atoms with Crippen LogP contribution in [0.15, 0.2) is 35.5 Å². The van der Waals surface area contributed by atoms with Gasteiger partial charge in [0, 0.05) is 6.54 Å². The minimum absolute atomic E-state index is 0.813. The summed E-state index contributed by atoms with van der Waals surface area (Å²) >= 11 is 3.33. The van der Waals surface area contributed by atoms with Crippen molar-refractivity contribution in [3.05, 3.63) is 41.2 Å². The van der Waals surface area contributed by atoms with Gasteiger partial charge < -0.3 is 5.32 Å². The SMILES string of the molecule is C=CCCNCc1cccc(Br)n1. The Bertz CT molecular complexity index is 273. The van der Waals surface area contributed by atoms with Gasteiger partial charge in [0.2, 0.25) is 0 Å². The fourth-order valence-electron chi connectivity index (χ4n) is 0.969. The Balaban J connectivity index is 2.32. The van der Waals surface area contributed by atoms with Crippen molar-refractivity contribution in [2.45, 2.75) is 13.0 Å². The van der Waals surface area contributed by atoms with Crippen molar-refractivity contribution >= 4 is 15.9 Å². The lowest BCUT2D eigenvalue weighted by Gasteiger charge is -2.02. The van der Waals surface area contributed by atoms with Crippen molar-refractivity contribution < 1.29 is 0 Å². The first-order valence-corrected chi connectivity index (χ1v) is 5.05. The number of aromatic nitrogens is 1. The molecule has 1 rings (SSSR count). The second-order valence-electron chi connectivity index (χ2n) is 2.71. The van der Waals surface area contributed by atoms with Crippen molar-refractivity contribution in [3.8, 4) is 0 Å². The van der Waals surface area contributed by atoms with Crippen LogP contribution >= 0.6 is 15.9 Å². The topological polar surface area (TPSA) is 24.9 Å². The van der Waals surface area contributed by atoms with E-state index in [1.165, 1.54) is 0 Å². The van der Waals surface area contributed by atoms with Gasteiger partial charge in [-0.1, -0.05) is 12.1 Å². The van der Waals surface area contributed by atoms with Crippen LogP contribution in [-0.4, -0.2) is 11.5 Å². The summed E-state index contributed by atoms with van der Waals surface area (Å²) in [7, 11) is 0. The lowest BCUT2D eigenvalue weighted by molar-refractivity contribution is 0.682. The van der Waals surface area contributed by atoms with E-state index >= 15 is 0 Å². The molecule has 1 aromatic rings. The van der Waals surface area contributed by atoms with Gasteiger partial charge >= 0.3 is 0 Å². The monoisotopic (exact) mass is 240 g/mol. The van der Waals surface area contributed by atoms with Crippen LogP contribution in [0.2, 0.25) is 0 Å². The molecule has 0 aliphatic carbocycles. The standard InChI is InChI=1S/C10H13BrN2/c1-2-3-7-12-8-9-5-4-6-10(11)13-9/h2,4-6,12H,1,3,7-8H2. The first-order valence-electron chi connectivity index (χ1n) is 4.26. The van der Waals surface area contributed by atoms with Gasteiger partial charge in [-0.25, -0.2) is 4.98 Å². The highest BCUT2D eigenvalue weighted by Gasteiger charge is 1.93. The molecule has 0 amide bonds. The second kappa shape index (κ2) is 5.89. The van der Waals surface area contributed by atoms with E-state index in [0.717, 1.165) is 29.8 Å². The summed E-state index contributed by atoms with van der Waals surface area (Å²) < 4.78 is 0.885. The summed E-state index contributed by atoms with van der Waals surface area (Å²) in [5.74, 6) is 0. The van der Waals surface area contributed by atoms with Crippen LogP contribution in [0.3, 0.4) is 0 Å². The van der Waals surface area contributed by atoms with Gasteiger partial charge in [-0.3, -0.25) is 0 Å². The van der Waals surface area contributed by atoms with E-state index in [2.05, 4.69) is 32.8 Å². The van der Waals surface area contributed by atoms with E-state index in [9.17, 15) is 0 Å². The predicted octanol–water partition coefficient (Wildman–Crippen LogP) is 2.51. The van der Waals surface area contributed by atoms with Gasteiger partial charge in [0.1, 0.15) is 4.60 Å². The third-order valence-corrected chi connectivity index (χ3v) is 2.05. The summed E-state index contributed by atoms with van der Waals surface area (Å²) in [4.78, 5) is 4.30. The van der Waals surface area contributed by atoms with E-state index in [-0.39, 0.29) is 0 Å². The number of nitrogens with zero attached hydrogens (tertiary/aromatic N) is 1. The van der Waals surface area contributed by atoms with Crippen molar-refractivity contribution in [1.29, 1.82) is 0 Å². The van der Waals surface area contributed by atoms with E-state index in [0.29, 0.717) is 0 Å². The normalized spacial score (nSPS) is 9.92. The van der Waals surface area contributed by atoms with E-state index in [1.807, 2.05) is 24.3 Å². The van der Waals surface area contributed by atoms with Gasteiger partial charge in [0.15, 0.2) is 0 Å². The molecule has 1 aromatic heterocycles. The Labute approximate surface area is 87.2 Å². The molecule has 0 aromatic carbocycles. The minimum atomic E-state index is 0.813. The predicted molar refractivity (Wildman–Crippen MR) is 58.5 cm³/mol. The largest absolute Gasteiger partial charge is 0.311 e. The fourth-order valence-corrected chi connectivity index (χ4v) is 1.35. The van der Waals surface area contributed by atoms with Gasteiger partial charge in [-0.15, -0.1) is 6.58 Å². The summed E-state index contributed by atoms with van der Waals surface area (Å²) in [6.07, 6.45) is 2.90. The Morgan fingerprint density at radius 3 is 3.08 bits per heavy atom. The van der Waals surface area contributed by atoms with Crippen molar-refractivity contribution in [3.63, 3.8) is 0 Å². The molecule has 70 valence electrons. The first kappa shape index (κ1) is 10.4. The quantitative estimate of drug-likeness (QED) is 0.486. The summed E-state index contributed by atoms with van der Waals surface area (Å²) in [5.41, 5.74) is 1.05. The second-order valence-corrected chi connectivity index (χ2v) is 3.52. The molecule has 13 heavy (non-hydrogen) atoms. The van der Waals surface area contributed by atoms with Crippen molar-refractivity contribution in [1.82, 2.24) is 10.3 Å². The molecule has 0 saturated carbocycles. The molecule has 0 bridgehead atoms. The third kappa shape index (κ3) is 4.20. The van der Waals surface area contributed by atoms with Gasteiger partial charge in [0.05, 0.1) is 5.69 Å². The third-order valence-electron chi connectivity index (χ3n) is 1.60. The Morgan fingerprint density at radius 1 is 1.54 bits per heavy atom. The average Bonchev–Trinajstić information content (AvgIpc) is 2.13. The Hall–Kier alpha value is -0.670. The maximum atomic E-state index is 4.30. The average molecular weight is 241 g/mol. The summed E-state index contributed by atoms with van der Waals surface area (Å²) in [5, 5.41) is 3.28. The number of halogens is 1. The van der Waals surface area contributed by atoms with Crippen LogP contribution in [0.5, 0.6) is 0 Å². The Kier molecular flexibility index (Phi) is 4.72. The molecular formula is C10H13BrN2. The molecule has 0 atom stereocenters. The van der Waals surface area contributed by atoms with Gasteiger partial charge in [-0.05, 0) is 41.0 Å². The van der Waals surface area contributed by atoms with Crippen LogP contribution in [0, 0.1) is 0 Å². The van der Waals surface area contributed by atoms with Crippen LogP contribution < -0.4 is 5.32 Å². The highest BCUT2D eigenvalue weighted by Crippen LogP contribution is 2.05.